The van der Waals surface area contributed by atoms with Crippen LogP contribution < -0.4 is 0 Å². The fourth-order valence-electron chi connectivity index (χ4n) is 7.59. The van der Waals surface area contributed by atoms with Gasteiger partial charge in [0.1, 0.15) is 13.2 Å². The summed E-state index contributed by atoms with van der Waals surface area (Å²) in [6.45, 7) is 6.46. The van der Waals surface area contributed by atoms with E-state index >= 15 is 0 Å². The zero-order valence-electron chi connectivity index (χ0n) is 42.7. The molecule has 0 bridgehead atoms. The summed E-state index contributed by atoms with van der Waals surface area (Å²) < 4.78 is 16.7. The van der Waals surface area contributed by atoms with Gasteiger partial charge in [-0.1, -0.05) is 235 Å². The fourth-order valence-corrected chi connectivity index (χ4v) is 7.59. The second-order valence-electron chi connectivity index (χ2n) is 18.1. The number of allylic oxidation sites excluding steroid dienone is 12. The molecule has 0 rings (SSSR count). The summed E-state index contributed by atoms with van der Waals surface area (Å²) in [5, 5.41) is 0. The molecule has 0 fully saturated rings. The van der Waals surface area contributed by atoms with Crippen LogP contribution in [0, 0.1) is 0 Å². The maximum Gasteiger partial charge on any atom is 0.306 e. The van der Waals surface area contributed by atoms with Crippen molar-refractivity contribution >= 4 is 17.9 Å². The molecule has 65 heavy (non-hydrogen) atoms. The monoisotopic (exact) mass is 907 g/mol. The zero-order valence-corrected chi connectivity index (χ0v) is 42.7. The Morgan fingerprint density at radius 2 is 0.615 bits per heavy atom. The molecule has 374 valence electrons. The van der Waals surface area contributed by atoms with Gasteiger partial charge in [0.25, 0.3) is 0 Å². The van der Waals surface area contributed by atoms with E-state index in [1.807, 2.05) is 0 Å². The third kappa shape index (κ3) is 51.7. The second kappa shape index (κ2) is 53.5. The summed E-state index contributed by atoms with van der Waals surface area (Å²) in [6.07, 6.45) is 67.6. The molecule has 0 aromatic rings. The number of carbonyl (C=O) groups is 3. The highest BCUT2D eigenvalue weighted by Gasteiger charge is 2.19. The summed E-state index contributed by atoms with van der Waals surface area (Å²) in [5.74, 6) is -0.994. The molecule has 0 heterocycles. The number of ether oxygens (including phenoxy) is 3. The van der Waals surface area contributed by atoms with Crippen molar-refractivity contribution in [3.8, 4) is 0 Å². The van der Waals surface area contributed by atoms with E-state index in [4.69, 9.17) is 14.2 Å². The van der Waals surface area contributed by atoms with Gasteiger partial charge in [0, 0.05) is 19.3 Å². The van der Waals surface area contributed by atoms with Gasteiger partial charge in [-0.25, -0.2) is 0 Å². The lowest BCUT2D eigenvalue weighted by Crippen LogP contribution is -2.30. The molecule has 0 aliphatic heterocycles. The molecule has 1 unspecified atom stereocenters. The molecule has 6 nitrogen and oxygen atoms in total. The van der Waals surface area contributed by atoms with Crippen molar-refractivity contribution in [3.63, 3.8) is 0 Å². The van der Waals surface area contributed by atoms with E-state index in [1.54, 1.807) is 0 Å². The minimum atomic E-state index is -0.815. The van der Waals surface area contributed by atoms with Crippen molar-refractivity contribution in [2.75, 3.05) is 13.2 Å². The Morgan fingerprint density at radius 3 is 1.02 bits per heavy atom. The topological polar surface area (TPSA) is 78.9 Å². The number of unbranched alkanes of at least 4 members (excludes halogenated alkanes) is 26. The van der Waals surface area contributed by atoms with Crippen molar-refractivity contribution < 1.29 is 28.6 Å². The first-order valence-electron chi connectivity index (χ1n) is 27.4. The van der Waals surface area contributed by atoms with Crippen LogP contribution in [0.25, 0.3) is 0 Å². The van der Waals surface area contributed by atoms with Gasteiger partial charge < -0.3 is 14.2 Å². The highest BCUT2D eigenvalue weighted by atomic mass is 16.6. The molecular weight excluding hydrogens is 805 g/mol. The normalized spacial score (nSPS) is 12.6. The van der Waals surface area contributed by atoms with Crippen LogP contribution in [0.15, 0.2) is 72.9 Å². The van der Waals surface area contributed by atoms with Crippen LogP contribution in [0.1, 0.15) is 265 Å². The van der Waals surface area contributed by atoms with Crippen LogP contribution >= 0.6 is 0 Å². The lowest BCUT2D eigenvalue weighted by atomic mass is 10.0. The predicted octanol–water partition coefficient (Wildman–Crippen LogP) is 18.2. The summed E-state index contributed by atoms with van der Waals surface area (Å²) in [7, 11) is 0. The molecule has 0 saturated carbocycles. The van der Waals surface area contributed by atoms with Crippen molar-refractivity contribution in [1.29, 1.82) is 0 Å². The molecule has 1 atom stereocenters. The van der Waals surface area contributed by atoms with Crippen molar-refractivity contribution in [3.05, 3.63) is 72.9 Å². The number of hydrogen-bond donors (Lipinski definition) is 0. The molecule has 0 aliphatic carbocycles. The maximum absolute atomic E-state index is 12.8. The molecule has 0 spiro atoms. The van der Waals surface area contributed by atoms with Crippen LogP contribution in [-0.4, -0.2) is 37.2 Å². The summed E-state index contributed by atoms with van der Waals surface area (Å²) >= 11 is 0. The first-order chi connectivity index (χ1) is 32.0. The first kappa shape index (κ1) is 61.9. The Kier molecular flexibility index (Phi) is 50.9. The molecule has 0 radical (unpaired) electrons. The van der Waals surface area contributed by atoms with Gasteiger partial charge in [-0.2, -0.15) is 0 Å². The van der Waals surface area contributed by atoms with E-state index in [9.17, 15) is 14.4 Å². The van der Waals surface area contributed by atoms with Crippen LogP contribution in [-0.2, 0) is 28.6 Å². The van der Waals surface area contributed by atoms with E-state index in [2.05, 4.69) is 93.7 Å². The van der Waals surface area contributed by atoms with E-state index in [-0.39, 0.29) is 37.5 Å². The molecular formula is C59H102O6. The van der Waals surface area contributed by atoms with Crippen LogP contribution in [0.4, 0.5) is 0 Å². The lowest BCUT2D eigenvalue weighted by Gasteiger charge is -2.18. The average molecular weight is 907 g/mol. The summed E-state index contributed by atoms with van der Waals surface area (Å²) in [6, 6.07) is 0. The van der Waals surface area contributed by atoms with Gasteiger partial charge in [0.2, 0.25) is 0 Å². The Balaban J connectivity index is 4.44. The van der Waals surface area contributed by atoms with Crippen molar-refractivity contribution in [2.24, 2.45) is 0 Å². The Labute approximate surface area is 402 Å². The Hall–Kier alpha value is -3.15. The molecule has 0 aromatic heterocycles. The number of hydrogen-bond acceptors (Lipinski definition) is 6. The Bertz CT molecular complexity index is 1230. The predicted molar refractivity (Wildman–Crippen MR) is 279 cm³/mol. The number of esters is 3. The van der Waals surface area contributed by atoms with Gasteiger partial charge in [0.15, 0.2) is 6.10 Å². The second-order valence-corrected chi connectivity index (χ2v) is 18.1. The summed E-state index contributed by atoms with van der Waals surface area (Å²) in [4.78, 5) is 38.0. The number of carbonyl (C=O) groups excluding carboxylic acids is 3. The van der Waals surface area contributed by atoms with Gasteiger partial charge >= 0.3 is 17.9 Å². The third-order valence-electron chi connectivity index (χ3n) is 11.7. The molecule has 0 aliphatic rings. The maximum atomic E-state index is 12.8. The highest BCUT2D eigenvalue weighted by molar-refractivity contribution is 5.71. The van der Waals surface area contributed by atoms with Gasteiger partial charge in [-0.05, 0) is 83.5 Å². The Morgan fingerprint density at radius 1 is 0.323 bits per heavy atom. The standard InChI is InChI=1S/C59H102O6/c1-4-7-10-13-16-19-22-25-27-29-31-32-34-37-40-43-46-49-52-58(61)64-55-56(54-63-57(60)51-48-45-42-39-36-24-21-18-15-12-9-6-3)65-59(62)53-50-47-44-41-38-35-33-30-28-26-23-20-17-14-11-8-5-2/h9,12,18,21,26,28,33,35-36,39,41,44,56H,4-8,10-11,13-17,19-20,22-25,27,29-32,34,37-38,40,42-43,45-55H2,1-3H3/b12-9-,21-18-,28-26-,35-33-,39-36-,44-41-. The van der Waals surface area contributed by atoms with Crippen molar-refractivity contribution in [1.82, 2.24) is 0 Å². The quantitative estimate of drug-likeness (QED) is 0.0262. The SMILES string of the molecule is CC/C=C\C/C=C\C/C=C\CCCCC(=O)OCC(COC(=O)CCCCCCCCCCCCCCCCCCCC)OC(=O)CCC/C=C\C/C=C\C/C=C\CCCCCCCC. The lowest BCUT2D eigenvalue weighted by molar-refractivity contribution is -0.167. The van der Waals surface area contributed by atoms with Gasteiger partial charge in [-0.15, -0.1) is 0 Å². The molecule has 0 saturated heterocycles. The van der Waals surface area contributed by atoms with E-state index in [0.29, 0.717) is 19.3 Å². The minimum Gasteiger partial charge on any atom is -0.462 e. The molecule has 0 N–H and O–H groups in total. The highest BCUT2D eigenvalue weighted by Crippen LogP contribution is 2.15. The van der Waals surface area contributed by atoms with Gasteiger partial charge in [-0.3, -0.25) is 14.4 Å². The van der Waals surface area contributed by atoms with E-state index < -0.39 is 6.10 Å². The van der Waals surface area contributed by atoms with Crippen LogP contribution in [0.5, 0.6) is 0 Å². The molecule has 0 aromatic carbocycles. The van der Waals surface area contributed by atoms with Crippen LogP contribution in [0.2, 0.25) is 0 Å². The third-order valence-corrected chi connectivity index (χ3v) is 11.7. The largest absolute Gasteiger partial charge is 0.462 e. The fraction of sp³-hybridized carbons (Fsp3) is 0.746. The summed E-state index contributed by atoms with van der Waals surface area (Å²) in [5.41, 5.74) is 0. The molecule has 6 heteroatoms. The first-order valence-corrected chi connectivity index (χ1v) is 27.4. The number of rotatable bonds is 49. The van der Waals surface area contributed by atoms with E-state index in [1.165, 1.54) is 141 Å². The zero-order chi connectivity index (χ0) is 47.2. The minimum absolute atomic E-state index is 0.106. The van der Waals surface area contributed by atoms with Crippen LogP contribution in [0.3, 0.4) is 0 Å². The van der Waals surface area contributed by atoms with Gasteiger partial charge in [0.05, 0.1) is 0 Å². The van der Waals surface area contributed by atoms with Crippen molar-refractivity contribution in [2.45, 2.75) is 271 Å². The smallest absolute Gasteiger partial charge is 0.306 e. The average Bonchev–Trinajstić information content (AvgIpc) is 3.30. The van der Waals surface area contributed by atoms with E-state index in [0.717, 1.165) is 77.0 Å². The molecule has 0 amide bonds.